The minimum absolute atomic E-state index is 0. The lowest BCUT2D eigenvalue weighted by atomic mass is 9.93. The number of halogens is 1. The third-order valence-corrected chi connectivity index (χ3v) is 5.82. The molecule has 0 saturated carbocycles. The molecule has 0 radical (unpaired) electrons. The number of amides is 1. The van der Waals surface area contributed by atoms with Crippen LogP contribution in [0.1, 0.15) is 31.2 Å². The maximum absolute atomic E-state index is 12.1. The molecule has 6 nitrogen and oxygen atoms in total. The number of carbonyl (C=O) groups excluding carboxylic acids is 1. The first-order valence-corrected chi connectivity index (χ1v) is 9.45. The topological polar surface area (TPSA) is 87.3 Å². The van der Waals surface area contributed by atoms with Crippen molar-refractivity contribution in [3.8, 4) is 0 Å². The number of benzene rings is 1. The highest BCUT2D eigenvalue weighted by atomic mass is 35.5. The highest BCUT2D eigenvalue weighted by Crippen LogP contribution is 2.21. The second-order valence-corrected chi connectivity index (χ2v) is 7.82. The number of aryl methyl sites for hydroxylation is 1. The molecule has 1 amide bonds. The van der Waals surface area contributed by atoms with Crippen molar-refractivity contribution in [2.24, 2.45) is 5.92 Å². The molecule has 2 rings (SSSR count). The summed E-state index contributed by atoms with van der Waals surface area (Å²) in [6.45, 7) is 3.78. The summed E-state index contributed by atoms with van der Waals surface area (Å²) in [6.07, 6.45) is 3.57. The second-order valence-electron chi connectivity index (χ2n) is 5.97. The lowest BCUT2D eigenvalue weighted by molar-refractivity contribution is -0.116. The van der Waals surface area contributed by atoms with Gasteiger partial charge in [-0.2, -0.15) is 0 Å². The van der Waals surface area contributed by atoms with Crippen molar-refractivity contribution in [2.75, 3.05) is 25.5 Å². The Balaban J connectivity index is 0.00000288. The van der Waals surface area contributed by atoms with E-state index in [1.54, 1.807) is 19.1 Å². The molecule has 0 atom stereocenters. The van der Waals surface area contributed by atoms with Crippen molar-refractivity contribution in [1.82, 2.24) is 10.0 Å². The van der Waals surface area contributed by atoms with E-state index in [2.05, 4.69) is 15.4 Å². The highest BCUT2D eigenvalue weighted by molar-refractivity contribution is 7.89. The normalized spacial score (nSPS) is 15.6. The number of nitrogens with one attached hydrogen (secondary N) is 3. The Morgan fingerprint density at radius 3 is 2.58 bits per heavy atom. The Bertz CT molecular complexity index is 659. The van der Waals surface area contributed by atoms with Crippen LogP contribution in [0.3, 0.4) is 0 Å². The van der Waals surface area contributed by atoms with Gasteiger partial charge >= 0.3 is 0 Å². The zero-order valence-electron chi connectivity index (χ0n) is 14.1. The Kier molecular flexibility index (Phi) is 8.15. The van der Waals surface area contributed by atoms with E-state index in [1.165, 1.54) is 13.1 Å². The van der Waals surface area contributed by atoms with Crippen LogP contribution in [0.5, 0.6) is 0 Å². The minimum Gasteiger partial charge on any atom is -0.326 e. The van der Waals surface area contributed by atoms with Gasteiger partial charge in [-0.3, -0.25) is 4.79 Å². The smallest absolute Gasteiger partial charge is 0.240 e. The molecular weight excluding hydrogens is 350 g/mol. The van der Waals surface area contributed by atoms with Gasteiger partial charge < -0.3 is 10.6 Å². The third kappa shape index (κ3) is 5.73. The Labute approximate surface area is 150 Å². The quantitative estimate of drug-likeness (QED) is 0.710. The average Bonchev–Trinajstić information content (AvgIpc) is 2.55. The van der Waals surface area contributed by atoms with E-state index in [-0.39, 0.29) is 23.2 Å². The number of sulfonamides is 1. The van der Waals surface area contributed by atoms with Gasteiger partial charge in [0.1, 0.15) is 0 Å². The fraction of sp³-hybridized carbons (Fsp3) is 0.562. The van der Waals surface area contributed by atoms with Crippen LogP contribution in [0, 0.1) is 12.8 Å². The predicted molar refractivity (Wildman–Crippen MR) is 98.1 cm³/mol. The predicted octanol–water partition coefficient (Wildman–Crippen LogP) is 2.04. The number of rotatable bonds is 6. The van der Waals surface area contributed by atoms with Crippen molar-refractivity contribution >= 4 is 34.0 Å². The lowest BCUT2D eigenvalue weighted by Crippen LogP contribution is -2.28. The number of carbonyl (C=O) groups is 1. The summed E-state index contributed by atoms with van der Waals surface area (Å²) in [7, 11) is -2.15. The molecule has 1 heterocycles. The van der Waals surface area contributed by atoms with Gasteiger partial charge in [-0.15, -0.1) is 12.4 Å². The SMILES string of the molecule is CNS(=O)(=O)c1cc(NC(=O)CCC2CCNCC2)ccc1C.Cl. The molecule has 1 aliphatic heterocycles. The van der Waals surface area contributed by atoms with Gasteiger partial charge in [0.2, 0.25) is 15.9 Å². The number of anilines is 1. The van der Waals surface area contributed by atoms with E-state index >= 15 is 0 Å². The van der Waals surface area contributed by atoms with Crippen LogP contribution in [-0.2, 0) is 14.8 Å². The Hall–Kier alpha value is -1.15. The number of hydrogen-bond acceptors (Lipinski definition) is 4. The molecular formula is C16H26ClN3O3S. The standard InChI is InChI=1S/C16H25N3O3S.ClH/c1-12-3-5-14(11-15(12)23(21,22)17-2)19-16(20)6-4-13-7-9-18-10-8-13;/h3,5,11,13,17-18H,4,6-10H2,1-2H3,(H,19,20);1H. The number of piperidine rings is 1. The molecule has 3 N–H and O–H groups in total. The van der Waals surface area contributed by atoms with Crippen molar-refractivity contribution in [3.63, 3.8) is 0 Å². The van der Waals surface area contributed by atoms with E-state index in [0.717, 1.165) is 32.4 Å². The van der Waals surface area contributed by atoms with Gasteiger partial charge in [0, 0.05) is 12.1 Å². The molecule has 24 heavy (non-hydrogen) atoms. The van der Waals surface area contributed by atoms with Crippen LogP contribution in [0.15, 0.2) is 23.1 Å². The van der Waals surface area contributed by atoms with Crippen molar-refractivity contribution in [3.05, 3.63) is 23.8 Å². The molecule has 1 saturated heterocycles. The maximum Gasteiger partial charge on any atom is 0.240 e. The third-order valence-electron chi connectivity index (χ3n) is 4.27. The van der Waals surface area contributed by atoms with Gasteiger partial charge in [-0.05, 0) is 69.9 Å². The van der Waals surface area contributed by atoms with Crippen LogP contribution in [0.2, 0.25) is 0 Å². The summed E-state index contributed by atoms with van der Waals surface area (Å²) in [4.78, 5) is 12.3. The molecule has 8 heteroatoms. The summed E-state index contributed by atoms with van der Waals surface area (Å²) >= 11 is 0. The number of hydrogen-bond donors (Lipinski definition) is 3. The Morgan fingerprint density at radius 2 is 1.96 bits per heavy atom. The van der Waals surface area contributed by atoms with Crippen molar-refractivity contribution < 1.29 is 13.2 Å². The fourth-order valence-corrected chi connectivity index (χ4v) is 3.80. The summed E-state index contributed by atoms with van der Waals surface area (Å²) in [5.41, 5.74) is 1.16. The summed E-state index contributed by atoms with van der Waals surface area (Å²) in [5, 5.41) is 6.11. The first-order valence-electron chi connectivity index (χ1n) is 7.97. The molecule has 0 aliphatic carbocycles. The molecule has 0 spiro atoms. The molecule has 1 aliphatic rings. The van der Waals surface area contributed by atoms with Gasteiger partial charge in [0.05, 0.1) is 4.90 Å². The van der Waals surface area contributed by atoms with Gasteiger partial charge in [-0.25, -0.2) is 13.1 Å². The first kappa shape index (κ1) is 20.9. The molecule has 1 fully saturated rings. The second kappa shape index (κ2) is 9.36. The van der Waals surface area contributed by atoms with E-state index in [1.807, 2.05) is 0 Å². The fourth-order valence-electron chi connectivity index (χ4n) is 2.81. The van der Waals surface area contributed by atoms with Crippen molar-refractivity contribution in [2.45, 2.75) is 37.5 Å². The van der Waals surface area contributed by atoms with E-state index in [9.17, 15) is 13.2 Å². The minimum atomic E-state index is -3.52. The van der Waals surface area contributed by atoms with E-state index < -0.39 is 10.0 Å². The zero-order valence-corrected chi connectivity index (χ0v) is 15.7. The molecule has 1 aromatic rings. The maximum atomic E-state index is 12.1. The van der Waals surface area contributed by atoms with Crippen LogP contribution < -0.4 is 15.4 Å². The largest absolute Gasteiger partial charge is 0.326 e. The Morgan fingerprint density at radius 1 is 1.29 bits per heavy atom. The molecule has 1 aromatic carbocycles. The van der Waals surface area contributed by atoms with Crippen LogP contribution >= 0.6 is 12.4 Å². The van der Waals surface area contributed by atoms with Crippen molar-refractivity contribution in [1.29, 1.82) is 0 Å². The van der Waals surface area contributed by atoms with Crippen LogP contribution in [-0.4, -0.2) is 34.5 Å². The lowest BCUT2D eigenvalue weighted by Gasteiger charge is -2.22. The highest BCUT2D eigenvalue weighted by Gasteiger charge is 2.17. The van der Waals surface area contributed by atoms with Crippen LogP contribution in [0.25, 0.3) is 0 Å². The van der Waals surface area contributed by atoms with Gasteiger partial charge in [-0.1, -0.05) is 6.07 Å². The van der Waals surface area contributed by atoms with Gasteiger partial charge in [0.25, 0.3) is 0 Å². The molecule has 136 valence electrons. The molecule has 0 bridgehead atoms. The zero-order chi connectivity index (χ0) is 16.9. The van der Waals surface area contributed by atoms with E-state index in [0.29, 0.717) is 23.6 Å². The summed E-state index contributed by atoms with van der Waals surface area (Å²) < 4.78 is 26.2. The van der Waals surface area contributed by atoms with E-state index in [4.69, 9.17) is 0 Å². The molecule has 0 aromatic heterocycles. The average molecular weight is 376 g/mol. The van der Waals surface area contributed by atoms with Gasteiger partial charge in [0.15, 0.2) is 0 Å². The summed E-state index contributed by atoms with van der Waals surface area (Å²) in [5.74, 6) is 0.528. The summed E-state index contributed by atoms with van der Waals surface area (Å²) in [6, 6.07) is 4.93. The first-order chi connectivity index (χ1) is 10.9. The molecule has 0 unspecified atom stereocenters. The van der Waals surface area contributed by atoms with Crippen LogP contribution in [0.4, 0.5) is 5.69 Å². The monoisotopic (exact) mass is 375 g/mol.